The van der Waals surface area contributed by atoms with Gasteiger partial charge in [-0.2, -0.15) is 0 Å². The Morgan fingerprint density at radius 1 is 1.57 bits per heavy atom. The maximum Gasteiger partial charge on any atom is 0.243 e. The Balaban J connectivity index is 2.32. The fourth-order valence-electron chi connectivity index (χ4n) is 2.34. The van der Waals surface area contributed by atoms with Gasteiger partial charge in [0.2, 0.25) is 10.0 Å². The minimum absolute atomic E-state index is 0.0510. The highest BCUT2D eigenvalue weighted by molar-refractivity contribution is 9.10. The molecule has 0 aliphatic carbocycles. The number of nitrogens with zero attached hydrogens (tertiary/aromatic N) is 1. The van der Waals surface area contributed by atoms with Crippen molar-refractivity contribution in [3.8, 4) is 0 Å². The van der Waals surface area contributed by atoms with Crippen molar-refractivity contribution < 1.29 is 12.8 Å². The summed E-state index contributed by atoms with van der Waals surface area (Å²) in [5.74, 6) is -0.997. The lowest BCUT2D eigenvalue weighted by atomic mass is 10.1. The van der Waals surface area contributed by atoms with E-state index in [2.05, 4.69) is 20.7 Å². The Hall–Kier alpha value is -0.410. The molecular weight excluding hydrogens is 385 g/mol. The third-order valence-electron chi connectivity index (χ3n) is 3.39. The predicted octanol–water partition coefficient (Wildman–Crippen LogP) is 2.20. The van der Waals surface area contributed by atoms with Crippen LogP contribution in [0.15, 0.2) is 15.4 Å². The van der Waals surface area contributed by atoms with Crippen molar-refractivity contribution in [2.45, 2.75) is 23.8 Å². The molecule has 1 aromatic rings. The second-order valence-corrected chi connectivity index (χ2v) is 8.00. The summed E-state index contributed by atoms with van der Waals surface area (Å²) < 4.78 is 41.5. The van der Waals surface area contributed by atoms with Crippen LogP contribution in [0.1, 0.15) is 12.8 Å². The largest absolute Gasteiger partial charge is 0.395 e. The average molecular weight is 401 g/mol. The van der Waals surface area contributed by atoms with Gasteiger partial charge in [-0.05, 0) is 48.4 Å². The molecule has 0 amide bonds. The summed E-state index contributed by atoms with van der Waals surface area (Å²) in [4.78, 5) is 1.50. The van der Waals surface area contributed by atoms with Gasteiger partial charge in [0.25, 0.3) is 0 Å². The molecule has 0 radical (unpaired) electrons. The van der Waals surface area contributed by atoms with Gasteiger partial charge in [-0.1, -0.05) is 11.6 Å². The highest BCUT2D eigenvalue weighted by atomic mass is 79.9. The molecule has 5 nitrogen and oxygen atoms in total. The third kappa shape index (κ3) is 3.68. The van der Waals surface area contributed by atoms with Gasteiger partial charge in [-0.25, -0.2) is 17.5 Å². The van der Waals surface area contributed by atoms with Crippen LogP contribution in [-0.2, 0) is 10.0 Å². The van der Waals surface area contributed by atoms with Crippen LogP contribution in [0, 0.1) is 5.82 Å². The molecule has 1 fully saturated rings. The van der Waals surface area contributed by atoms with Crippen LogP contribution in [0.25, 0.3) is 0 Å². The first-order valence-corrected chi connectivity index (χ1v) is 9.01. The van der Waals surface area contributed by atoms with E-state index in [0.717, 1.165) is 19.0 Å². The molecule has 2 rings (SSSR count). The summed E-state index contributed by atoms with van der Waals surface area (Å²) in [6, 6.07) is 0.809. The Morgan fingerprint density at radius 3 is 2.86 bits per heavy atom. The van der Waals surface area contributed by atoms with Crippen molar-refractivity contribution in [2.24, 2.45) is 0 Å². The average Bonchev–Trinajstić information content (AvgIpc) is 2.40. The number of hydrogen-bond acceptors (Lipinski definition) is 4. The van der Waals surface area contributed by atoms with E-state index >= 15 is 0 Å². The lowest BCUT2D eigenvalue weighted by Crippen LogP contribution is -2.46. The minimum Gasteiger partial charge on any atom is -0.395 e. The van der Waals surface area contributed by atoms with Gasteiger partial charge in [0.05, 0.1) is 15.2 Å². The molecule has 1 heterocycles. The number of nitrogens with one attached hydrogen (secondary N) is 1. The maximum atomic E-state index is 14.1. The number of rotatable bonds is 3. The van der Waals surface area contributed by atoms with E-state index in [-0.39, 0.29) is 21.2 Å². The number of hydrogen-bond donors (Lipinski definition) is 2. The zero-order valence-corrected chi connectivity index (χ0v) is 14.5. The van der Waals surface area contributed by atoms with E-state index < -0.39 is 20.7 Å². The highest BCUT2D eigenvalue weighted by Crippen LogP contribution is 2.34. The van der Waals surface area contributed by atoms with Crippen molar-refractivity contribution in [2.75, 3.05) is 25.9 Å². The van der Waals surface area contributed by atoms with E-state index in [1.165, 1.54) is 0 Å². The van der Waals surface area contributed by atoms with Crippen LogP contribution in [0.4, 0.5) is 10.1 Å². The lowest BCUT2D eigenvalue weighted by molar-refractivity contribution is 0.242. The van der Waals surface area contributed by atoms with Gasteiger partial charge >= 0.3 is 0 Å². The summed E-state index contributed by atoms with van der Waals surface area (Å²) in [6.45, 7) is 1.50. The molecule has 21 heavy (non-hydrogen) atoms. The molecule has 0 aromatic heterocycles. The first-order valence-electron chi connectivity index (χ1n) is 6.36. The number of sulfonamides is 1. The molecule has 118 valence electrons. The van der Waals surface area contributed by atoms with Crippen LogP contribution < -0.4 is 10.5 Å². The molecule has 1 unspecified atom stereocenters. The van der Waals surface area contributed by atoms with Crippen molar-refractivity contribution in [1.82, 2.24) is 9.62 Å². The van der Waals surface area contributed by atoms with Crippen LogP contribution in [0.2, 0.25) is 5.02 Å². The van der Waals surface area contributed by atoms with Gasteiger partial charge < -0.3 is 10.6 Å². The Labute approximate surface area is 136 Å². The molecule has 1 atom stereocenters. The predicted molar refractivity (Wildman–Crippen MR) is 84.4 cm³/mol. The van der Waals surface area contributed by atoms with Crippen LogP contribution in [-0.4, -0.2) is 39.5 Å². The summed E-state index contributed by atoms with van der Waals surface area (Å²) in [5.41, 5.74) is 5.21. The maximum absolute atomic E-state index is 14.1. The van der Waals surface area contributed by atoms with Crippen LogP contribution in [0.3, 0.4) is 0 Å². The number of likely N-dealkylation sites (tertiary alicyclic amines) is 1. The van der Waals surface area contributed by atoms with Gasteiger partial charge in [-0.15, -0.1) is 0 Å². The lowest BCUT2D eigenvalue weighted by Gasteiger charge is -2.30. The molecule has 1 aliphatic heterocycles. The van der Waals surface area contributed by atoms with E-state index in [0.29, 0.717) is 13.0 Å². The number of nitrogen functional groups attached to an aromatic ring is 1. The molecule has 9 heteroatoms. The Kier molecular flexibility index (Phi) is 5.15. The standard InChI is InChI=1S/C12H16BrClFN3O2S/c1-18-4-2-3-7(6-18)17-21(19,20)9-5-8(14)10(13)12(16)11(9)15/h5,7,17H,2-4,6,16H2,1H3. The van der Waals surface area contributed by atoms with Crippen molar-refractivity contribution in [3.63, 3.8) is 0 Å². The smallest absolute Gasteiger partial charge is 0.243 e. The third-order valence-corrected chi connectivity index (χ3v) is 6.29. The summed E-state index contributed by atoms with van der Waals surface area (Å²) in [7, 11) is -2.10. The number of anilines is 1. The van der Waals surface area contributed by atoms with Crippen molar-refractivity contribution >= 4 is 43.2 Å². The van der Waals surface area contributed by atoms with Crippen LogP contribution in [0.5, 0.6) is 0 Å². The topological polar surface area (TPSA) is 75.4 Å². The van der Waals surface area contributed by atoms with E-state index in [1.807, 2.05) is 11.9 Å². The second-order valence-electron chi connectivity index (χ2n) is 5.12. The molecule has 1 aliphatic rings. The second kappa shape index (κ2) is 6.37. The van der Waals surface area contributed by atoms with Crippen LogP contribution >= 0.6 is 27.5 Å². The molecule has 1 saturated heterocycles. The highest BCUT2D eigenvalue weighted by Gasteiger charge is 2.28. The molecule has 1 aromatic carbocycles. The van der Waals surface area contributed by atoms with Crippen molar-refractivity contribution in [1.29, 1.82) is 0 Å². The normalized spacial score (nSPS) is 20.7. The number of likely N-dealkylation sites (N-methyl/N-ethyl adjacent to an activating group) is 1. The first kappa shape index (κ1) is 17.0. The number of halogens is 3. The summed E-state index contributed by atoms with van der Waals surface area (Å²) >= 11 is 8.89. The molecular formula is C12H16BrClFN3O2S. The number of piperidine rings is 1. The molecule has 0 saturated carbocycles. The van der Waals surface area contributed by atoms with Gasteiger partial charge in [0, 0.05) is 12.6 Å². The first-order chi connectivity index (χ1) is 9.72. The SMILES string of the molecule is CN1CCCC(NS(=O)(=O)c2cc(Cl)c(Br)c(N)c2F)C1. The fourth-order valence-corrected chi connectivity index (χ4v) is 4.28. The van der Waals surface area contributed by atoms with Gasteiger partial charge in [0.15, 0.2) is 5.82 Å². The van der Waals surface area contributed by atoms with E-state index in [9.17, 15) is 12.8 Å². The summed E-state index contributed by atoms with van der Waals surface area (Å²) in [6.07, 6.45) is 1.60. The van der Waals surface area contributed by atoms with E-state index in [1.54, 1.807) is 0 Å². The van der Waals surface area contributed by atoms with Crippen molar-refractivity contribution in [3.05, 3.63) is 21.4 Å². The Morgan fingerprint density at radius 2 is 2.24 bits per heavy atom. The molecule has 3 N–H and O–H groups in total. The fraction of sp³-hybridized carbons (Fsp3) is 0.500. The number of nitrogens with two attached hydrogens (primary N) is 1. The van der Waals surface area contributed by atoms with Gasteiger partial charge in [-0.3, -0.25) is 0 Å². The zero-order valence-electron chi connectivity index (χ0n) is 11.4. The zero-order chi connectivity index (χ0) is 15.8. The van der Waals surface area contributed by atoms with Gasteiger partial charge in [0.1, 0.15) is 4.90 Å². The molecule has 0 spiro atoms. The minimum atomic E-state index is -4.01. The van der Waals surface area contributed by atoms with E-state index in [4.69, 9.17) is 17.3 Å². The summed E-state index contributed by atoms with van der Waals surface area (Å²) in [5, 5.41) is 0.0510. The quantitative estimate of drug-likeness (QED) is 0.602. The molecule has 0 bridgehead atoms. The monoisotopic (exact) mass is 399 g/mol. The number of benzene rings is 1. The Bertz CT molecular complexity index is 656.